The van der Waals surface area contributed by atoms with Crippen LogP contribution in [-0.2, 0) is 16.0 Å². The molecule has 1 atom stereocenters. The molecule has 2 aromatic carbocycles. The zero-order valence-electron chi connectivity index (χ0n) is 20.2. The summed E-state index contributed by atoms with van der Waals surface area (Å²) >= 11 is 0. The van der Waals surface area contributed by atoms with Crippen LogP contribution >= 0.6 is 12.4 Å². The average Bonchev–Trinajstić information content (AvgIpc) is 2.85. The van der Waals surface area contributed by atoms with E-state index in [1.165, 1.54) is 5.56 Å². The number of hydrogen-bond acceptors (Lipinski definition) is 4. The van der Waals surface area contributed by atoms with Gasteiger partial charge in [-0.05, 0) is 73.7 Å². The van der Waals surface area contributed by atoms with E-state index in [2.05, 4.69) is 22.9 Å². The fourth-order valence-corrected chi connectivity index (χ4v) is 4.23. The summed E-state index contributed by atoms with van der Waals surface area (Å²) < 4.78 is 0. The SMILES string of the molecule is CCCCCC(=O)NC(Cc1ccc(NC(=O)c2ccc(C3CCNCC3)cc2)cc1)C(=O)O.Cl. The molecule has 1 saturated heterocycles. The molecule has 3 rings (SSSR count). The molecule has 1 unspecified atom stereocenters. The van der Waals surface area contributed by atoms with E-state index in [4.69, 9.17) is 0 Å². The van der Waals surface area contributed by atoms with Gasteiger partial charge in [0.15, 0.2) is 0 Å². The molecule has 0 aliphatic carbocycles. The zero-order chi connectivity index (χ0) is 24.3. The number of carboxylic acid groups (broad SMARTS) is 1. The first-order valence-electron chi connectivity index (χ1n) is 12.2. The van der Waals surface area contributed by atoms with E-state index < -0.39 is 12.0 Å². The van der Waals surface area contributed by atoms with Crippen molar-refractivity contribution < 1.29 is 19.5 Å². The molecule has 7 nitrogen and oxygen atoms in total. The Bertz CT molecular complexity index is 957. The van der Waals surface area contributed by atoms with E-state index in [9.17, 15) is 19.5 Å². The summed E-state index contributed by atoms with van der Waals surface area (Å²) in [4.78, 5) is 36.2. The lowest BCUT2D eigenvalue weighted by Gasteiger charge is -2.23. The largest absolute Gasteiger partial charge is 0.480 e. The van der Waals surface area contributed by atoms with Gasteiger partial charge in [0.2, 0.25) is 5.91 Å². The Kier molecular flexibility index (Phi) is 11.7. The number of benzene rings is 2. The summed E-state index contributed by atoms with van der Waals surface area (Å²) in [6.07, 6.45) is 5.45. The smallest absolute Gasteiger partial charge is 0.326 e. The van der Waals surface area contributed by atoms with Crippen LogP contribution in [0.1, 0.15) is 72.9 Å². The Hall–Kier alpha value is -2.90. The van der Waals surface area contributed by atoms with Crippen molar-refractivity contribution in [2.75, 3.05) is 18.4 Å². The van der Waals surface area contributed by atoms with Crippen molar-refractivity contribution in [3.8, 4) is 0 Å². The molecule has 0 bridgehead atoms. The van der Waals surface area contributed by atoms with Crippen molar-refractivity contribution in [3.63, 3.8) is 0 Å². The van der Waals surface area contributed by atoms with Gasteiger partial charge < -0.3 is 21.1 Å². The molecular formula is C27H36ClN3O4. The minimum atomic E-state index is -1.06. The molecule has 0 saturated carbocycles. The van der Waals surface area contributed by atoms with Gasteiger partial charge in [-0.2, -0.15) is 0 Å². The summed E-state index contributed by atoms with van der Waals surface area (Å²) in [5, 5.41) is 18.3. The number of aliphatic carboxylic acids is 1. The third-order valence-corrected chi connectivity index (χ3v) is 6.28. The molecule has 0 aromatic heterocycles. The van der Waals surface area contributed by atoms with Crippen LogP contribution < -0.4 is 16.0 Å². The van der Waals surface area contributed by atoms with Gasteiger partial charge in [-0.15, -0.1) is 12.4 Å². The molecule has 1 aliphatic heterocycles. The van der Waals surface area contributed by atoms with Crippen LogP contribution in [0.3, 0.4) is 0 Å². The van der Waals surface area contributed by atoms with Gasteiger partial charge in [0.05, 0.1) is 0 Å². The quantitative estimate of drug-likeness (QED) is 0.339. The maximum atomic E-state index is 12.6. The van der Waals surface area contributed by atoms with Crippen molar-refractivity contribution in [2.24, 2.45) is 0 Å². The van der Waals surface area contributed by atoms with Crippen LogP contribution in [0.2, 0.25) is 0 Å². The normalized spacial score (nSPS) is 14.4. The Morgan fingerprint density at radius 2 is 1.66 bits per heavy atom. The molecule has 8 heteroatoms. The zero-order valence-corrected chi connectivity index (χ0v) is 21.0. The highest BCUT2D eigenvalue weighted by Gasteiger charge is 2.20. The first kappa shape index (κ1) is 28.3. The highest BCUT2D eigenvalue weighted by Crippen LogP contribution is 2.25. The van der Waals surface area contributed by atoms with E-state index in [-0.39, 0.29) is 30.6 Å². The van der Waals surface area contributed by atoms with Gasteiger partial charge in [0.1, 0.15) is 6.04 Å². The van der Waals surface area contributed by atoms with Gasteiger partial charge in [-0.1, -0.05) is 44.0 Å². The summed E-state index contributed by atoms with van der Waals surface area (Å²) in [6, 6.07) is 13.9. The number of carboxylic acids is 1. The predicted molar refractivity (Wildman–Crippen MR) is 140 cm³/mol. The van der Waals surface area contributed by atoms with Gasteiger partial charge in [0.25, 0.3) is 5.91 Å². The van der Waals surface area contributed by atoms with Gasteiger partial charge in [0, 0.05) is 24.1 Å². The lowest BCUT2D eigenvalue weighted by atomic mass is 9.90. The van der Waals surface area contributed by atoms with E-state index in [0.717, 1.165) is 50.8 Å². The Morgan fingerprint density at radius 1 is 1.00 bits per heavy atom. The molecule has 1 heterocycles. The number of carbonyl (C=O) groups is 3. The van der Waals surface area contributed by atoms with E-state index in [1.807, 2.05) is 24.3 Å². The molecule has 0 radical (unpaired) electrons. The van der Waals surface area contributed by atoms with Crippen LogP contribution in [0, 0.1) is 0 Å². The highest BCUT2D eigenvalue weighted by atomic mass is 35.5. The predicted octanol–water partition coefficient (Wildman–Crippen LogP) is 4.52. The number of rotatable bonds is 11. The number of piperidine rings is 1. The fourth-order valence-electron chi connectivity index (χ4n) is 4.23. The minimum absolute atomic E-state index is 0. The number of nitrogens with one attached hydrogen (secondary N) is 3. The molecule has 1 fully saturated rings. The van der Waals surface area contributed by atoms with Crippen LogP contribution in [-0.4, -0.2) is 42.0 Å². The van der Waals surface area contributed by atoms with Crippen molar-refractivity contribution in [1.82, 2.24) is 10.6 Å². The summed E-state index contributed by atoms with van der Waals surface area (Å²) in [7, 11) is 0. The van der Waals surface area contributed by atoms with Crippen molar-refractivity contribution >= 4 is 35.9 Å². The fraction of sp³-hybridized carbons (Fsp3) is 0.444. The Labute approximate surface area is 213 Å². The third-order valence-electron chi connectivity index (χ3n) is 6.28. The molecule has 190 valence electrons. The number of halogens is 1. The van der Waals surface area contributed by atoms with E-state index in [0.29, 0.717) is 23.6 Å². The van der Waals surface area contributed by atoms with Crippen LogP contribution in [0.15, 0.2) is 48.5 Å². The van der Waals surface area contributed by atoms with Crippen LogP contribution in [0.5, 0.6) is 0 Å². The summed E-state index contributed by atoms with van der Waals surface area (Å²) in [5.74, 6) is -0.945. The second-order valence-electron chi connectivity index (χ2n) is 8.92. The van der Waals surface area contributed by atoms with Crippen molar-refractivity contribution in [3.05, 3.63) is 65.2 Å². The van der Waals surface area contributed by atoms with Gasteiger partial charge in [-0.3, -0.25) is 9.59 Å². The maximum Gasteiger partial charge on any atom is 0.326 e. The number of anilines is 1. The lowest BCUT2D eigenvalue weighted by molar-refractivity contribution is -0.141. The Morgan fingerprint density at radius 3 is 2.26 bits per heavy atom. The summed E-state index contributed by atoms with van der Waals surface area (Å²) in [5.41, 5.74) is 3.27. The molecule has 35 heavy (non-hydrogen) atoms. The molecule has 1 aliphatic rings. The molecule has 0 spiro atoms. The summed E-state index contributed by atoms with van der Waals surface area (Å²) in [6.45, 7) is 4.11. The Balaban J connectivity index is 0.00000432. The third kappa shape index (κ3) is 9.00. The second kappa shape index (κ2) is 14.5. The van der Waals surface area contributed by atoms with Gasteiger partial charge in [-0.25, -0.2) is 4.79 Å². The van der Waals surface area contributed by atoms with Crippen LogP contribution in [0.25, 0.3) is 0 Å². The maximum absolute atomic E-state index is 12.6. The number of amides is 2. The minimum Gasteiger partial charge on any atom is -0.480 e. The number of carbonyl (C=O) groups excluding carboxylic acids is 2. The lowest BCUT2D eigenvalue weighted by Crippen LogP contribution is -2.42. The van der Waals surface area contributed by atoms with E-state index in [1.54, 1.807) is 24.3 Å². The van der Waals surface area contributed by atoms with Crippen molar-refractivity contribution in [2.45, 2.75) is 63.8 Å². The highest BCUT2D eigenvalue weighted by molar-refractivity contribution is 6.04. The topological polar surface area (TPSA) is 108 Å². The molecule has 2 aromatic rings. The number of unbranched alkanes of at least 4 members (excludes halogenated alkanes) is 2. The standard InChI is InChI=1S/C27H35N3O4.ClH/c1-2-3-4-5-25(31)30-24(27(33)34)18-19-6-12-23(13-7-19)29-26(32)22-10-8-20(9-11-22)21-14-16-28-17-15-21;/h6-13,21,24,28H,2-5,14-18H2,1H3,(H,29,32)(H,30,31)(H,33,34);1H. The number of hydrogen-bond donors (Lipinski definition) is 4. The van der Waals surface area contributed by atoms with Gasteiger partial charge >= 0.3 is 5.97 Å². The van der Waals surface area contributed by atoms with Crippen LogP contribution in [0.4, 0.5) is 5.69 Å². The average molecular weight is 502 g/mol. The molecule has 2 amide bonds. The molecule has 4 N–H and O–H groups in total. The second-order valence-corrected chi connectivity index (χ2v) is 8.92. The monoisotopic (exact) mass is 501 g/mol. The van der Waals surface area contributed by atoms with E-state index >= 15 is 0 Å². The molecular weight excluding hydrogens is 466 g/mol. The first-order valence-corrected chi connectivity index (χ1v) is 12.2. The van der Waals surface area contributed by atoms with Crippen molar-refractivity contribution in [1.29, 1.82) is 0 Å². The first-order chi connectivity index (χ1) is 16.5.